The van der Waals surface area contributed by atoms with Gasteiger partial charge in [0.1, 0.15) is 4.47 Å². The molecule has 0 aliphatic carbocycles. The zero-order valence-electron chi connectivity index (χ0n) is 11.1. The number of hydrogen-bond donors (Lipinski definition) is 0. The molecule has 0 aliphatic rings. The van der Waals surface area contributed by atoms with Crippen LogP contribution in [0.4, 0.5) is 0 Å². The maximum atomic E-state index is 12.1. The van der Waals surface area contributed by atoms with Crippen molar-refractivity contribution >= 4 is 21.9 Å². The van der Waals surface area contributed by atoms with Gasteiger partial charge in [-0.2, -0.15) is 0 Å². The number of halogens is 1. The maximum absolute atomic E-state index is 12.1. The van der Waals surface area contributed by atoms with Crippen LogP contribution in [0, 0.1) is 6.92 Å². The van der Waals surface area contributed by atoms with E-state index in [0.717, 1.165) is 0 Å². The van der Waals surface area contributed by atoms with E-state index in [2.05, 4.69) is 20.9 Å². The van der Waals surface area contributed by atoms with Gasteiger partial charge in [-0.25, -0.2) is 9.78 Å². The Bertz CT molecular complexity index is 710. The fraction of sp³-hybridized carbons (Fsp3) is 0.214. The third kappa shape index (κ3) is 2.80. The summed E-state index contributed by atoms with van der Waals surface area (Å²) in [6.45, 7) is 2.01. The van der Waals surface area contributed by atoms with Crippen LogP contribution in [-0.4, -0.2) is 22.6 Å². The lowest BCUT2D eigenvalue weighted by Gasteiger charge is -2.10. The number of ether oxygens (including phenoxy) is 1. The van der Waals surface area contributed by atoms with E-state index < -0.39 is 5.97 Å². The van der Waals surface area contributed by atoms with Crippen molar-refractivity contribution in [2.75, 3.05) is 7.11 Å². The Morgan fingerprint density at radius 1 is 1.40 bits per heavy atom. The average Bonchev–Trinajstić information content (AvgIpc) is 2.47. The largest absolute Gasteiger partial charge is 0.465 e. The first-order chi connectivity index (χ1) is 9.54. The fourth-order valence-corrected chi connectivity index (χ4v) is 2.14. The van der Waals surface area contributed by atoms with Crippen LogP contribution in [0.15, 0.2) is 39.9 Å². The first-order valence-corrected chi connectivity index (χ1v) is 6.71. The highest BCUT2D eigenvalue weighted by atomic mass is 79.9. The molecule has 0 atom stereocenters. The minimum Gasteiger partial charge on any atom is -0.465 e. The van der Waals surface area contributed by atoms with Crippen molar-refractivity contribution in [3.63, 3.8) is 0 Å². The number of aromatic nitrogens is 2. The Kier molecular flexibility index (Phi) is 4.34. The normalized spacial score (nSPS) is 10.3. The van der Waals surface area contributed by atoms with Gasteiger partial charge in [-0.3, -0.25) is 9.36 Å². The minimum absolute atomic E-state index is 0.183. The van der Waals surface area contributed by atoms with Gasteiger partial charge in [0.05, 0.1) is 31.2 Å². The van der Waals surface area contributed by atoms with Crippen LogP contribution in [0.1, 0.15) is 21.6 Å². The van der Waals surface area contributed by atoms with Crippen molar-refractivity contribution in [1.82, 2.24) is 9.55 Å². The second-order valence-corrected chi connectivity index (χ2v) is 5.02. The second-order valence-electron chi connectivity index (χ2n) is 4.23. The Labute approximate surface area is 124 Å². The van der Waals surface area contributed by atoms with Crippen molar-refractivity contribution in [2.24, 2.45) is 0 Å². The van der Waals surface area contributed by atoms with E-state index in [-0.39, 0.29) is 12.1 Å². The molecule has 0 radical (unpaired) electrons. The molecule has 20 heavy (non-hydrogen) atoms. The Morgan fingerprint density at radius 3 is 2.80 bits per heavy atom. The molecule has 0 fully saturated rings. The lowest BCUT2D eigenvalue weighted by atomic mass is 10.1. The first-order valence-electron chi connectivity index (χ1n) is 5.92. The molecule has 2 rings (SSSR count). The summed E-state index contributed by atoms with van der Waals surface area (Å²) in [5.74, 6) is -0.423. The lowest BCUT2D eigenvalue weighted by Crippen LogP contribution is -2.23. The van der Waals surface area contributed by atoms with Gasteiger partial charge in [-0.05, 0) is 34.5 Å². The van der Waals surface area contributed by atoms with Gasteiger partial charge < -0.3 is 4.74 Å². The predicted molar refractivity (Wildman–Crippen MR) is 77.8 cm³/mol. The topological polar surface area (TPSA) is 61.2 Å². The molecule has 1 heterocycles. The molecule has 104 valence electrons. The number of hydrogen-bond acceptors (Lipinski definition) is 4. The van der Waals surface area contributed by atoms with Gasteiger partial charge in [0.2, 0.25) is 0 Å². The van der Waals surface area contributed by atoms with Crippen LogP contribution in [0.2, 0.25) is 0 Å². The zero-order valence-corrected chi connectivity index (χ0v) is 12.7. The number of esters is 1. The van der Waals surface area contributed by atoms with Gasteiger partial charge in [-0.1, -0.05) is 18.2 Å². The summed E-state index contributed by atoms with van der Waals surface area (Å²) in [6.07, 6.45) is 1.47. The average molecular weight is 337 g/mol. The maximum Gasteiger partial charge on any atom is 0.338 e. The predicted octanol–water partition coefficient (Wildman–Crippen LogP) is 2.15. The number of benzene rings is 1. The first kappa shape index (κ1) is 14.5. The van der Waals surface area contributed by atoms with E-state index in [1.807, 2.05) is 6.07 Å². The molecule has 5 nitrogen and oxygen atoms in total. The van der Waals surface area contributed by atoms with Crippen LogP contribution in [0.25, 0.3) is 0 Å². The molecular formula is C14H13BrN2O3. The minimum atomic E-state index is -0.423. The molecule has 0 unspecified atom stereocenters. The highest BCUT2D eigenvalue weighted by Crippen LogP contribution is 2.12. The Hall–Kier alpha value is -1.95. The van der Waals surface area contributed by atoms with Crippen molar-refractivity contribution in [3.05, 3.63) is 62.2 Å². The van der Waals surface area contributed by atoms with Crippen molar-refractivity contribution in [2.45, 2.75) is 13.5 Å². The smallest absolute Gasteiger partial charge is 0.338 e. The summed E-state index contributed by atoms with van der Waals surface area (Å²) < 4.78 is 6.61. The SMILES string of the molecule is COC(=O)c1ccccc1Cn1cnc(C)c(Br)c1=O. The second kappa shape index (κ2) is 6.00. The summed E-state index contributed by atoms with van der Waals surface area (Å²) >= 11 is 3.22. The van der Waals surface area contributed by atoms with E-state index in [1.54, 1.807) is 25.1 Å². The summed E-state index contributed by atoms with van der Waals surface area (Å²) in [7, 11) is 1.33. The van der Waals surface area contributed by atoms with Gasteiger partial charge in [0, 0.05) is 0 Å². The van der Waals surface area contributed by atoms with Crippen molar-refractivity contribution in [3.8, 4) is 0 Å². The molecule has 1 aromatic carbocycles. The molecule has 0 saturated carbocycles. The van der Waals surface area contributed by atoms with Gasteiger partial charge in [-0.15, -0.1) is 0 Å². The fourth-order valence-electron chi connectivity index (χ4n) is 1.81. The molecule has 0 N–H and O–H groups in total. The molecule has 0 saturated heterocycles. The number of carbonyl (C=O) groups is 1. The lowest BCUT2D eigenvalue weighted by molar-refractivity contribution is 0.0599. The van der Waals surface area contributed by atoms with Crippen LogP contribution in [-0.2, 0) is 11.3 Å². The number of carbonyl (C=O) groups excluding carboxylic acids is 1. The molecule has 0 aliphatic heterocycles. The molecule has 0 spiro atoms. The van der Waals surface area contributed by atoms with E-state index in [9.17, 15) is 9.59 Å². The third-order valence-corrected chi connectivity index (χ3v) is 3.83. The van der Waals surface area contributed by atoms with E-state index in [4.69, 9.17) is 4.74 Å². The van der Waals surface area contributed by atoms with E-state index in [1.165, 1.54) is 18.0 Å². The van der Waals surface area contributed by atoms with Gasteiger partial charge >= 0.3 is 5.97 Å². The molecule has 0 amide bonds. The number of nitrogens with zero attached hydrogens (tertiary/aromatic N) is 2. The monoisotopic (exact) mass is 336 g/mol. The summed E-state index contributed by atoms with van der Waals surface area (Å²) in [5.41, 5.74) is 1.60. The number of methoxy groups -OCH3 is 1. The summed E-state index contributed by atoms with van der Waals surface area (Å²) in [4.78, 5) is 27.9. The van der Waals surface area contributed by atoms with Gasteiger partial charge in [0.25, 0.3) is 5.56 Å². The van der Waals surface area contributed by atoms with E-state index >= 15 is 0 Å². The van der Waals surface area contributed by atoms with Gasteiger partial charge in [0.15, 0.2) is 0 Å². The highest BCUT2D eigenvalue weighted by molar-refractivity contribution is 9.10. The standard InChI is InChI=1S/C14H13BrN2O3/c1-9-12(15)13(18)17(8-16-9)7-10-5-3-4-6-11(10)14(19)20-2/h3-6,8H,7H2,1-2H3. The number of aryl methyl sites for hydroxylation is 1. The van der Waals surface area contributed by atoms with Crippen molar-refractivity contribution in [1.29, 1.82) is 0 Å². The molecular weight excluding hydrogens is 324 g/mol. The van der Waals surface area contributed by atoms with Crippen LogP contribution >= 0.6 is 15.9 Å². The number of rotatable bonds is 3. The molecule has 1 aromatic heterocycles. The molecule has 6 heteroatoms. The quantitative estimate of drug-likeness (QED) is 0.806. The van der Waals surface area contributed by atoms with Crippen LogP contribution in [0.5, 0.6) is 0 Å². The summed E-state index contributed by atoms with van der Waals surface area (Å²) in [5, 5.41) is 0. The zero-order chi connectivity index (χ0) is 14.7. The Morgan fingerprint density at radius 2 is 2.10 bits per heavy atom. The molecule has 2 aromatic rings. The summed E-state index contributed by atoms with van der Waals surface area (Å²) in [6, 6.07) is 7.01. The Balaban J connectivity index is 2.44. The molecule has 0 bridgehead atoms. The van der Waals surface area contributed by atoms with Crippen molar-refractivity contribution < 1.29 is 9.53 Å². The van der Waals surface area contributed by atoms with Crippen LogP contribution < -0.4 is 5.56 Å². The van der Waals surface area contributed by atoms with E-state index in [0.29, 0.717) is 21.3 Å². The van der Waals surface area contributed by atoms with Crippen LogP contribution in [0.3, 0.4) is 0 Å². The highest BCUT2D eigenvalue weighted by Gasteiger charge is 2.13. The third-order valence-electron chi connectivity index (χ3n) is 2.92.